The summed E-state index contributed by atoms with van der Waals surface area (Å²) in [5.41, 5.74) is 3.42. The van der Waals surface area contributed by atoms with Gasteiger partial charge in [-0.25, -0.2) is 0 Å². The Morgan fingerprint density at radius 3 is 2.67 bits per heavy atom. The molecule has 4 rings (SSSR count). The summed E-state index contributed by atoms with van der Waals surface area (Å²) in [6.07, 6.45) is 13.7. The van der Waals surface area contributed by atoms with Gasteiger partial charge in [0.2, 0.25) is 0 Å². The van der Waals surface area contributed by atoms with Gasteiger partial charge < -0.3 is 9.47 Å². The van der Waals surface area contributed by atoms with E-state index in [2.05, 4.69) is 51.6 Å². The summed E-state index contributed by atoms with van der Waals surface area (Å²) in [4.78, 5) is 0. The van der Waals surface area contributed by atoms with Crippen molar-refractivity contribution in [2.75, 3.05) is 13.2 Å². The Kier molecular flexibility index (Phi) is 6.92. The van der Waals surface area contributed by atoms with E-state index in [1.54, 1.807) is 5.56 Å². The zero-order valence-corrected chi connectivity index (χ0v) is 19.5. The monoisotopic (exact) mass is 410 g/mol. The van der Waals surface area contributed by atoms with Crippen molar-refractivity contribution >= 4 is 0 Å². The van der Waals surface area contributed by atoms with E-state index >= 15 is 0 Å². The minimum atomic E-state index is 0.314. The molecule has 3 aliphatic carbocycles. The summed E-state index contributed by atoms with van der Waals surface area (Å²) < 4.78 is 12.5. The molecule has 2 heteroatoms. The zero-order chi connectivity index (χ0) is 21.1. The highest BCUT2D eigenvalue weighted by atomic mass is 16.5. The number of aryl methyl sites for hydroxylation is 1. The van der Waals surface area contributed by atoms with Crippen molar-refractivity contribution in [1.82, 2.24) is 0 Å². The van der Waals surface area contributed by atoms with Crippen LogP contribution in [0.4, 0.5) is 0 Å². The average Bonchev–Trinajstić information content (AvgIpc) is 3.09. The predicted octanol–water partition coefficient (Wildman–Crippen LogP) is 7.32. The van der Waals surface area contributed by atoms with Crippen LogP contribution in [0.25, 0.3) is 0 Å². The van der Waals surface area contributed by atoms with Crippen molar-refractivity contribution in [1.29, 1.82) is 0 Å². The highest BCUT2D eigenvalue weighted by Gasteiger charge is 2.57. The molecule has 166 valence electrons. The molecule has 1 aromatic rings. The number of hydrogen-bond donors (Lipinski definition) is 0. The zero-order valence-electron chi connectivity index (χ0n) is 19.5. The van der Waals surface area contributed by atoms with E-state index < -0.39 is 0 Å². The van der Waals surface area contributed by atoms with E-state index in [0.717, 1.165) is 37.2 Å². The molecule has 0 saturated heterocycles. The molecule has 0 aromatic heterocycles. The fourth-order valence-electron chi connectivity index (χ4n) is 7.00. The lowest BCUT2D eigenvalue weighted by atomic mass is 9.52. The summed E-state index contributed by atoms with van der Waals surface area (Å²) in [5, 5.41) is 0. The number of fused-ring (bicyclic) bond motifs is 5. The summed E-state index contributed by atoms with van der Waals surface area (Å²) in [6, 6.07) is 6.94. The molecule has 0 N–H and O–H groups in total. The second-order valence-corrected chi connectivity index (χ2v) is 10.3. The molecule has 0 heterocycles. The lowest BCUT2D eigenvalue weighted by molar-refractivity contribution is -0.0748. The SMILES string of the molecule is C=C[C@H]1C[C@@]2(C)C(CC[C@@H]2OCCCC)C2CCc3cc(OCCCC)ccc3C21. The van der Waals surface area contributed by atoms with Crippen molar-refractivity contribution in [2.45, 2.75) is 90.6 Å². The van der Waals surface area contributed by atoms with Crippen LogP contribution in [0.5, 0.6) is 5.75 Å². The van der Waals surface area contributed by atoms with Gasteiger partial charge in [0.15, 0.2) is 0 Å². The third-order valence-electron chi connectivity index (χ3n) is 8.54. The molecule has 0 radical (unpaired) electrons. The summed E-state index contributed by atoms with van der Waals surface area (Å²) in [5.74, 6) is 3.80. The Balaban J connectivity index is 1.55. The first-order valence-corrected chi connectivity index (χ1v) is 12.6. The third kappa shape index (κ3) is 3.97. The van der Waals surface area contributed by atoms with Crippen molar-refractivity contribution in [3.63, 3.8) is 0 Å². The van der Waals surface area contributed by atoms with Crippen molar-refractivity contribution in [3.8, 4) is 5.75 Å². The van der Waals surface area contributed by atoms with Gasteiger partial charge in [0.25, 0.3) is 0 Å². The molecule has 0 spiro atoms. The van der Waals surface area contributed by atoms with Crippen LogP contribution in [0, 0.1) is 23.2 Å². The highest BCUT2D eigenvalue weighted by molar-refractivity contribution is 5.41. The van der Waals surface area contributed by atoms with Gasteiger partial charge in [0, 0.05) is 6.61 Å². The van der Waals surface area contributed by atoms with Crippen LogP contribution in [0.3, 0.4) is 0 Å². The van der Waals surface area contributed by atoms with Crippen LogP contribution in [-0.2, 0) is 11.2 Å². The van der Waals surface area contributed by atoms with Gasteiger partial charge >= 0.3 is 0 Å². The maximum absolute atomic E-state index is 6.47. The van der Waals surface area contributed by atoms with E-state index in [4.69, 9.17) is 9.47 Å². The lowest BCUT2D eigenvalue weighted by Crippen LogP contribution is -2.48. The summed E-state index contributed by atoms with van der Waals surface area (Å²) >= 11 is 0. The van der Waals surface area contributed by atoms with Crippen molar-refractivity contribution < 1.29 is 9.47 Å². The quantitative estimate of drug-likeness (QED) is 0.314. The minimum absolute atomic E-state index is 0.314. The molecule has 2 fully saturated rings. The Hall–Kier alpha value is -1.28. The fourth-order valence-corrected chi connectivity index (χ4v) is 7.00. The standard InChI is InChI=1S/C28H42O2/c1-5-8-16-29-22-11-13-23-21(18-22)10-12-24-25-14-15-26(30-17-9-6-2)28(25,4)19-20(7-3)27(23)24/h7,11,13,18,20,24-27H,3,5-6,8-10,12,14-17,19H2,1-2,4H3/t20-,24?,25?,26-,27?,28-/m0/s1. The second-order valence-electron chi connectivity index (χ2n) is 10.3. The van der Waals surface area contributed by atoms with Gasteiger partial charge in [-0.3, -0.25) is 0 Å². The number of rotatable bonds is 9. The lowest BCUT2D eigenvalue weighted by Gasteiger charge is -2.53. The maximum Gasteiger partial charge on any atom is 0.119 e. The van der Waals surface area contributed by atoms with E-state index in [-0.39, 0.29) is 0 Å². The van der Waals surface area contributed by atoms with Gasteiger partial charge in [0.05, 0.1) is 12.7 Å². The first kappa shape index (κ1) is 21.9. The van der Waals surface area contributed by atoms with Crippen LogP contribution in [0.2, 0.25) is 0 Å². The largest absolute Gasteiger partial charge is 0.494 e. The molecular formula is C28H42O2. The van der Waals surface area contributed by atoms with Gasteiger partial charge in [-0.15, -0.1) is 6.58 Å². The van der Waals surface area contributed by atoms with Crippen molar-refractivity contribution in [3.05, 3.63) is 42.0 Å². The number of unbranched alkanes of at least 4 members (excludes halogenated alkanes) is 2. The second kappa shape index (κ2) is 9.47. The maximum atomic E-state index is 6.47. The molecule has 0 bridgehead atoms. The fraction of sp³-hybridized carbons (Fsp3) is 0.714. The van der Waals surface area contributed by atoms with Crippen LogP contribution < -0.4 is 4.74 Å². The summed E-state index contributed by atoms with van der Waals surface area (Å²) in [7, 11) is 0. The average molecular weight is 411 g/mol. The smallest absolute Gasteiger partial charge is 0.119 e. The van der Waals surface area contributed by atoms with Crippen molar-refractivity contribution in [2.24, 2.45) is 23.2 Å². The van der Waals surface area contributed by atoms with Gasteiger partial charge in [-0.2, -0.15) is 0 Å². The minimum Gasteiger partial charge on any atom is -0.494 e. The first-order valence-electron chi connectivity index (χ1n) is 12.6. The molecule has 0 aliphatic heterocycles. The molecule has 3 unspecified atom stereocenters. The van der Waals surface area contributed by atoms with Crippen LogP contribution in [0.15, 0.2) is 30.9 Å². The Morgan fingerprint density at radius 1 is 1.10 bits per heavy atom. The Bertz CT molecular complexity index is 725. The molecule has 2 nitrogen and oxygen atoms in total. The number of ether oxygens (including phenoxy) is 2. The number of hydrogen-bond acceptors (Lipinski definition) is 2. The molecular weight excluding hydrogens is 368 g/mol. The molecule has 30 heavy (non-hydrogen) atoms. The van der Waals surface area contributed by atoms with E-state index in [1.807, 2.05) is 0 Å². The molecule has 2 saturated carbocycles. The topological polar surface area (TPSA) is 18.5 Å². The van der Waals surface area contributed by atoms with Gasteiger partial charge in [-0.1, -0.05) is 45.8 Å². The Labute approximate surface area is 184 Å². The van der Waals surface area contributed by atoms with Crippen LogP contribution >= 0.6 is 0 Å². The normalized spacial score (nSPS) is 34.7. The molecule has 6 atom stereocenters. The predicted molar refractivity (Wildman–Crippen MR) is 125 cm³/mol. The third-order valence-corrected chi connectivity index (χ3v) is 8.54. The number of allylic oxidation sites excluding steroid dienone is 1. The number of benzene rings is 1. The van der Waals surface area contributed by atoms with E-state index in [0.29, 0.717) is 23.4 Å². The van der Waals surface area contributed by atoms with Gasteiger partial charge in [0.1, 0.15) is 5.75 Å². The first-order chi connectivity index (χ1) is 14.6. The van der Waals surface area contributed by atoms with Gasteiger partial charge in [-0.05, 0) is 97.3 Å². The van der Waals surface area contributed by atoms with E-state index in [9.17, 15) is 0 Å². The Morgan fingerprint density at radius 2 is 1.90 bits per heavy atom. The van der Waals surface area contributed by atoms with Crippen LogP contribution in [-0.4, -0.2) is 19.3 Å². The molecule has 1 aromatic carbocycles. The van der Waals surface area contributed by atoms with Crippen LogP contribution in [0.1, 0.15) is 89.2 Å². The molecule has 0 amide bonds. The van der Waals surface area contributed by atoms with E-state index in [1.165, 1.54) is 56.9 Å². The summed E-state index contributed by atoms with van der Waals surface area (Å²) in [6.45, 7) is 13.1. The highest BCUT2D eigenvalue weighted by Crippen LogP contribution is 2.63. The molecule has 3 aliphatic rings.